The van der Waals surface area contributed by atoms with Crippen molar-refractivity contribution in [3.8, 4) is 11.8 Å². The van der Waals surface area contributed by atoms with Crippen LogP contribution in [0.2, 0.25) is 0 Å². The number of benzene rings is 1. The first-order valence-electron chi connectivity index (χ1n) is 7.50. The van der Waals surface area contributed by atoms with Gasteiger partial charge in [-0.25, -0.2) is 0 Å². The van der Waals surface area contributed by atoms with E-state index in [0.717, 1.165) is 0 Å². The molecule has 6 nitrogen and oxygen atoms in total. The molecule has 1 aliphatic rings. The van der Waals surface area contributed by atoms with Gasteiger partial charge in [0.1, 0.15) is 11.7 Å². The molecule has 1 aliphatic heterocycles. The van der Waals surface area contributed by atoms with Crippen molar-refractivity contribution in [1.82, 2.24) is 5.32 Å². The van der Waals surface area contributed by atoms with Gasteiger partial charge in [0, 0.05) is 17.7 Å². The van der Waals surface area contributed by atoms with Crippen LogP contribution in [0.15, 0.2) is 54.9 Å². The van der Waals surface area contributed by atoms with Gasteiger partial charge in [-0.3, -0.25) is 14.9 Å². The van der Waals surface area contributed by atoms with Crippen LogP contribution in [0.5, 0.6) is 5.75 Å². The molecule has 24 heavy (non-hydrogen) atoms. The van der Waals surface area contributed by atoms with Crippen molar-refractivity contribution < 1.29 is 18.9 Å². The number of ether oxygens (including phenoxy) is 1. The molecule has 2 amide bonds. The second-order valence-corrected chi connectivity index (χ2v) is 5.50. The minimum absolute atomic E-state index is 0.432. The highest BCUT2D eigenvalue weighted by Gasteiger charge is 2.51. The molecule has 1 N–H and O–H groups in total. The van der Waals surface area contributed by atoms with E-state index in [4.69, 9.17) is 4.74 Å². The predicted molar refractivity (Wildman–Crippen MR) is 83.7 cm³/mol. The average Bonchev–Trinajstić information content (AvgIpc) is 2.62. The summed E-state index contributed by atoms with van der Waals surface area (Å²) < 4.78 is 7.10. The maximum atomic E-state index is 12.5. The highest BCUT2D eigenvalue weighted by molar-refractivity contribution is 6.02. The number of carbonyl (C=O) groups is 2. The predicted octanol–water partition coefficient (Wildman–Crippen LogP) is 1.10. The fourth-order valence-corrected chi connectivity index (χ4v) is 3.13. The number of methoxy groups -OCH3 is 1. The average molecular weight is 322 g/mol. The van der Waals surface area contributed by atoms with E-state index in [2.05, 4.69) is 5.32 Å². The Hall–Kier alpha value is -3.20. The first-order valence-corrected chi connectivity index (χ1v) is 7.50. The number of imide groups is 1. The molecule has 0 saturated carbocycles. The monoisotopic (exact) mass is 322 g/mol. The lowest BCUT2D eigenvalue weighted by molar-refractivity contribution is -0.713. The third kappa shape index (κ3) is 2.61. The number of pyridine rings is 1. The standard InChI is InChI=1S/C18H15N3O3/c1-24-14-8-4-3-7-12(14)15-13(11-19)17(22)20-18(23)16(15)21-9-5-2-6-10-21/h2-10,13,15-16H,1H3/p+1/t13-,15-,16+/m0/s1. The Bertz CT molecular complexity index is 814. The van der Waals surface area contributed by atoms with Crippen LogP contribution in [-0.2, 0) is 9.59 Å². The normalized spacial score (nSPS) is 23.2. The number of amides is 2. The van der Waals surface area contributed by atoms with Crippen LogP contribution in [0, 0.1) is 17.2 Å². The number of hydrogen-bond acceptors (Lipinski definition) is 4. The molecule has 0 radical (unpaired) electrons. The summed E-state index contributed by atoms with van der Waals surface area (Å²) in [6, 6.07) is 13.9. The van der Waals surface area contributed by atoms with Crippen molar-refractivity contribution in [3.05, 3.63) is 60.4 Å². The fraction of sp³-hybridized carbons (Fsp3) is 0.222. The summed E-state index contributed by atoms with van der Waals surface area (Å²) >= 11 is 0. The van der Waals surface area contributed by atoms with Crippen LogP contribution in [0.3, 0.4) is 0 Å². The van der Waals surface area contributed by atoms with Gasteiger partial charge in [0.05, 0.1) is 19.1 Å². The van der Waals surface area contributed by atoms with Gasteiger partial charge in [0.25, 0.3) is 5.91 Å². The number of hydrogen-bond donors (Lipinski definition) is 1. The molecule has 2 heterocycles. The molecule has 0 aliphatic carbocycles. The molecule has 0 bridgehead atoms. The van der Waals surface area contributed by atoms with E-state index in [1.54, 1.807) is 53.4 Å². The lowest BCUT2D eigenvalue weighted by Gasteiger charge is -2.30. The highest BCUT2D eigenvalue weighted by Crippen LogP contribution is 2.40. The Morgan fingerprint density at radius 3 is 2.46 bits per heavy atom. The van der Waals surface area contributed by atoms with Crippen molar-refractivity contribution in [2.75, 3.05) is 7.11 Å². The van der Waals surface area contributed by atoms with Crippen molar-refractivity contribution in [2.45, 2.75) is 12.0 Å². The number of para-hydroxylation sites is 1. The first kappa shape index (κ1) is 15.7. The minimum atomic E-state index is -0.989. The van der Waals surface area contributed by atoms with Crippen LogP contribution < -0.4 is 14.6 Å². The Morgan fingerprint density at radius 2 is 1.79 bits per heavy atom. The van der Waals surface area contributed by atoms with Gasteiger partial charge in [-0.05, 0) is 6.07 Å². The number of nitrogens with zero attached hydrogens (tertiary/aromatic N) is 2. The molecule has 120 valence electrons. The Balaban J connectivity index is 2.19. The van der Waals surface area contributed by atoms with Crippen LogP contribution in [-0.4, -0.2) is 18.9 Å². The van der Waals surface area contributed by atoms with E-state index in [-0.39, 0.29) is 0 Å². The van der Waals surface area contributed by atoms with E-state index < -0.39 is 29.7 Å². The van der Waals surface area contributed by atoms with Crippen molar-refractivity contribution in [2.24, 2.45) is 5.92 Å². The van der Waals surface area contributed by atoms with Gasteiger partial charge in [-0.2, -0.15) is 9.83 Å². The third-order valence-electron chi connectivity index (χ3n) is 4.19. The van der Waals surface area contributed by atoms with Gasteiger partial charge in [0.2, 0.25) is 11.9 Å². The second-order valence-electron chi connectivity index (χ2n) is 5.50. The summed E-state index contributed by atoms with van der Waals surface area (Å²) in [6.45, 7) is 0. The maximum absolute atomic E-state index is 12.5. The molecule has 1 fully saturated rings. The molecule has 6 heteroatoms. The van der Waals surface area contributed by atoms with E-state index in [0.29, 0.717) is 11.3 Å². The Kier molecular flexibility index (Phi) is 4.25. The SMILES string of the molecule is COc1ccccc1[C@H]1[C@H](C#N)C(=O)NC(=O)[C@@H]1[n+]1ccccc1. The van der Waals surface area contributed by atoms with Gasteiger partial charge in [0.15, 0.2) is 12.4 Å². The van der Waals surface area contributed by atoms with Gasteiger partial charge >= 0.3 is 0 Å². The summed E-state index contributed by atoms with van der Waals surface area (Å²) in [5.41, 5.74) is 0.663. The van der Waals surface area contributed by atoms with Gasteiger partial charge < -0.3 is 4.74 Å². The molecule has 3 atom stereocenters. The second kappa shape index (κ2) is 6.50. The zero-order valence-corrected chi connectivity index (χ0v) is 13.0. The summed E-state index contributed by atoms with van der Waals surface area (Å²) in [6.07, 6.45) is 3.49. The van der Waals surface area contributed by atoms with Crippen LogP contribution in [0.1, 0.15) is 17.5 Å². The number of nitriles is 1. The first-order chi connectivity index (χ1) is 11.7. The maximum Gasteiger partial charge on any atom is 0.296 e. The van der Waals surface area contributed by atoms with Crippen molar-refractivity contribution in [1.29, 1.82) is 5.26 Å². The number of aromatic nitrogens is 1. The molecule has 2 aromatic rings. The molecular weight excluding hydrogens is 306 g/mol. The molecule has 3 rings (SSSR count). The molecule has 0 unspecified atom stereocenters. The molecular formula is C18H16N3O3+. The van der Waals surface area contributed by atoms with E-state index in [1.807, 2.05) is 12.1 Å². The summed E-state index contributed by atoms with van der Waals surface area (Å²) in [5, 5.41) is 11.8. The van der Waals surface area contributed by atoms with Gasteiger partial charge in [-0.15, -0.1) is 0 Å². The topological polar surface area (TPSA) is 83.1 Å². The van der Waals surface area contributed by atoms with E-state index >= 15 is 0 Å². The fourth-order valence-electron chi connectivity index (χ4n) is 3.13. The lowest BCUT2D eigenvalue weighted by Crippen LogP contribution is -2.59. The summed E-state index contributed by atoms with van der Waals surface area (Å²) in [7, 11) is 1.52. The molecule has 1 aromatic carbocycles. The molecule has 0 spiro atoms. The Morgan fingerprint density at radius 1 is 1.08 bits per heavy atom. The summed E-state index contributed by atoms with van der Waals surface area (Å²) in [5.74, 6) is -2.09. The van der Waals surface area contributed by atoms with Crippen LogP contribution >= 0.6 is 0 Å². The molecule has 1 aromatic heterocycles. The number of carbonyl (C=O) groups excluding carboxylic acids is 2. The summed E-state index contributed by atoms with van der Waals surface area (Å²) in [4.78, 5) is 24.7. The van der Waals surface area contributed by atoms with Crippen LogP contribution in [0.25, 0.3) is 0 Å². The van der Waals surface area contributed by atoms with Crippen LogP contribution in [0.4, 0.5) is 0 Å². The highest BCUT2D eigenvalue weighted by atomic mass is 16.5. The van der Waals surface area contributed by atoms with Crippen molar-refractivity contribution in [3.63, 3.8) is 0 Å². The number of piperidine rings is 1. The molecule has 1 saturated heterocycles. The number of nitrogens with one attached hydrogen (secondary N) is 1. The van der Waals surface area contributed by atoms with E-state index in [1.165, 1.54) is 7.11 Å². The number of rotatable bonds is 3. The Labute approximate surface area is 139 Å². The van der Waals surface area contributed by atoms with E-state index in [9.17, 15) is 14.9 Å². The van der Waals surface area contributed by atoms with Gasteiger partial charge in [-0.1, -0.05) is 24.3 Å². The smallest absolute Gasteiger partial charge is 0.296 e. The lowest BCUT2D eigenvalue weighted by atomic mass is 9.77. The zero-order chi connectivity index (χ0) is 17.1. The quantitative estimate of drug-likeness (QED) is 0.678. The van der Waals surface area contributed by atoms with Crippen molar-refractivity contribution >= 4 is 11.8 Å². The largest absolute Gasteiger partial charge is 0.496 e. The zero-order valence-electron chi connectivity index (χ0n) is 13.0. The third-order valence-corrected chi connectivity index (χ3v) is 4.19. The minimum Gasteiger partial charge on any atom is -0.496 e.